The molecular formula is C14H14F2N2. The molecule has 0 aliphatic rings. The van der Waals surface area contributed by atoms with E-state index in [1.807, 2.05) is 13.0 Å². The Bertz CT molecular complexity index is 541. The Morgan fingerprint density at radius 1 is 1.22 bits per heavy atom. The van der Waals surface area contributed by atoms with Gasteiger partial charge in [0, 0.05) is 18.5 Å². The van der Waals surface area contributed by atoms with Crippen LogP contribution in [-0.4, -0.2) is 4.98 Å². The third-order valence-corrected chi connectivity index (χ3v) is 2.80. The third kappa shape index (κ3) is 2.64. The highest BCUT2D eigenvalue weighted by Crippen LogP contribution is 2.23. The molecular weight excluding hydrogens is 234 g/mol. The fourth-order valence-corrected chi connectivity index (χ4v) is 1.71. The van der Waals surface area contributed by atoms with Gasteiger partial charge in [-0.1, -0.05) is 6.07 Å². The number of aromatic nitrogens is 1. The van der Waals surface area contributed by atoms with Gasteiger partial charge < -0.3 is 5.32 Å². The largest absolute Gasteiger partial charge is 0.376 e. The van der Waals surface area contributed by atoms with Crippen molar-refractivity contribution < 1.29 is 8.78 Å². The van der Waals surface area contributed by atoms with Crippen molar-refractivity contribution in [3.05, 3.63) is 59.4 Å². The summed E-state index contributed by atoms with van der Waals surface area (Å²) in [6.45, 7) is 3.40. The first-order valence-corrected chi connectivity index (χ1v) is 5.70. The van der Waals surface area contributed by atoms with E-state index in [1.165, 1.54) is 19.1 Å². The van der Waals surface area contributed by atoms with Crippen molar-refractivity contribution in [2.24, 2.45) is 0 Å². The van der Waals surface area contributed by atoms with Crippen molar-refractivity contribution in [1.82, 2.24) is 4.98 Å². The molecule has 2 rings (SSSR count). The molecule has 0 radical (unpaired) electrons. The van der Waals surface area contributed by atoms with E-state index in [2.05, 4.69) is 10.3 Å². The van der Waals surface area contributed by atoms with Crippen molar-refractivity contribution in [2.75, 3.05) is 5.32 Å². The first-order valence-electron chi connectivity index (χ1n) is 5.70. The second-order valence-corrected chi connectivity index (χ2v) is 4.23. The normalized spacial score (nSPS) is 12.2. The van der Waals surface area contributed by atoms with E-state index in [4.69, 9.17) is 0 Å². The molecule has 1 aromatic heterocycles. The Morgan fingerprint density at radius 3 is 2.67 bits per heavy atom. The highest BCUT2D eigenvalue weighted by atomic mass is 19.1. The summed E-state index contributed by atoms with van der Waals surface area (Å²) < 4.78 is 27.1. The Kier molecular flexibility index (Phi) is 3.55. The molecule has 2 nitrogen and oxygen atoms in total. The zero-order valence-corrected chi connectivity index (χ0v) is 10.2. The number of nitrogens with zero attached hydrogens (tertiary/aromatic N) is 1. The fraction of sp³-hybridized carbons (Fsp3) is 0.214. The number of hydrogen-bond donors (Lipinski definition) is 1. The Labute approximate surface area is 105 Å². The summed E-state index contributed by atoms with van der Waals surface area (Å²) in [6.07, 6.45) is 3.36. The highest BCUT2D eigenvalue weighted by molar-refractivity contribution is 5.48. The van der Waals surface area contributed by atoms with Gasteiger partial charge in [-0.2, -0.15) is 0 Å². The van der Waals surface area contributed by atoms with Gasteiger partial charge in [0.25, 0.3) is 0 Å². The molecule has 1 atom stereocenters. The number of rotatable bonds is 3. The molecule has 1 heterocycles. The van der Waals surface area contributed by atoms with Crippen LogP contribution in [0.4, 0.5) is 14.5 Å². The first-order chi connectivity index (χ1) is 8.58. The summed E-state index contributed by atoms with van der Waals surface area (Å²) in [4.78, 5) is 3.99. The van der Waals surface area contributed by atoms with E-state index in [0.717, 1.165) is 5.56 Å². The molecule has 94 valence electrons. The lowest BCUT2D eigenvalue weighted by molar-refractivity contribution is 0.593. The second-order valence-electron chi connectivity index (χ2n) is 4.23. The number of halogens is 2. The van der Waals surface area contributed by atoms with Crippen LogP contribution in [0.2, 0.25) is 0 Å². The molecule has 2 aromatic rings. The third-order valence-electron chi connectivity index (χ3n) is 2.80. The van der Waals surface area contributed by atoms with Crippen molar-refractivity contribution in [1.29, 1.82) is 0 Å². The van der Waals surface area contributed by atoms with Crippen LogP contribution in [-0.2, 0) is 0 Å². The maximum Gasteiger partial charge on any atom is 0.146 e. The van der Waals surface area contributed by atoms with E-state index in [-0.39, 0.29) is 11.7 Å². The summed E-state index contributed by atoms with van der Waals surface area (Å²) >= 11 is 0. The molecule has 0 fully saturated rings. The summed E-state index contributed by atoms with van der Waals surface area (Å²) in [7, 11) is 0. The zero-order valence-electron chi connectivity index (χ0n) is 10.2. The van der Waals surface area contributed by atoms with E-state index in [0.29, 0.717) is 5.56 Å². The van der Waals surface area contributed by atoms with Crippen LogP contribution in [0.1, 0.15) is 24.1 Å². The van der Waals surface area contributed by atoms with Gasteiger partial charge in [0.15, 0.2) is 0 Å². The highest BCUT2D eigenvalue weighted by Gasteiger charge is 2.11. The molecule has 1 unspecified atom stereocenters. The maximum atomic E-state index is 13.7. The van der Waals surface area contributed by atoms with Gasteiger partial charge in [0.05, 0.1) is 11.7 Å². The van der Waals surface area contributed by atoms with Gasteiger partial charge in [-0.05, 0) is 37.1 Å². The SMILES string of the molecule is Cc1cc(F)c(NC(C)c2cccnc2)cc1F. The molecule has 0 aliphatic carbocycles. The van der Waals surface area contributed by atoms with Crippen LogP contribution in [0.5, 0.6) is 0 Å². The van der Waals surface area contributed by atoms with Crippen LogP contribution >= 0.6 is 0 Å². The Hall–Kier alpha value is -1.97. The van der Waals surface area contributed by atoms with E-state index < -0.39 is 11.6 Å². The zero-order chi connectivity index (χ0) is 13.1. The average molecular weight is 248 g/mol. The van der Waals surface area contributed by atoms with Crippen LogP contribution in [0.15, 0.2) is 36.7 Å². The minimum Gasteiger partial charge on any atom is -0.376 e. The summed E-state index contributed by atoms with van der Waals surface area (Å²) in [5.74, 6) is -0.873. The van der Waals surface area contributed by atoms with Crippen LogP contribution in [0, 0.1) is 18.6 Å². The quantitative estimate of drug-likeness (QED) is 0.892. The summed E-state index contributed by atoms with van der Waals surface area (Å²) in [5, 5.41) is 2.94. The van der Waals surface area contributed by atoms with Gasteiger partial charge in [0.1, 0.15) is 11.6 Å². The molecule has 1 aromatic carbocycles. The predicted octanol–water partition coefficient (Wildman–Crippen LogP) is 3.84. The Balaban J connectivity index is 2.22. The van der Waals surface area contributed by atoms with Gasteiger partial charge in [-0.3, -0.25) is 4.98 Å². The number of nitrogens with one attached hydrogen (secondary N) is 1. The number of pyridine rings is 1. The molecule has 0 spiro atoms. The van der Waals surface area contributed by atoms with Crippen molar-refractivity contribution in [3.63, 3.8) is 0 Å². The molecule has 0 amide bonds. The lowest BCUT2D eigenvalue weighted by atomic mass is 10.1. The van der Waals surface area contributed by atoms with Gasteiger partial charge in [-0.15, -0.1) is 0 Å². The van der Waals surface area contributed by atoms with Crippen LogP contribution in [0.3, 0.4) is 0 Å². The molecule has 0 saturated heterocycles. The van der Waals surface area contributed by atoms with Crippen LogP contribution < -0.4 is 5.32 Å². The average Bonchev–Trinajstić information content (AvgIpc) is 2.37. The molecule has 0 saturated carbocycles. The van der Waals surface area contributed by atoms with Crippen molar-refractivity contribution in [3.8, 4) is 0 Å². The number of hydrogen-bond acceptors (Lipinski definition) is 2. The van der Waals surface area contributed by atoms with Gasteiger partial charge in [-0.25, -0.2) is 8.78 Å². The van der Waals surface area contributed by atoms with Crippen molar-refractivity contribution in [2.45, 2.75) is 19.9 Å². The van der Waals surface area contributed by atoms with Crippen LogP contribution in [0.25, 0.3) is 0 Å². The summed E-state index contributed by atoms with van der Waals surface area (Å²) in [6, 6.07) is 5.91. The second kappa shape index (κ2) is 5.12. The molecule has 1 N–H and O–H groups in total. The number of benzene rings is 1. The monoisotopic (exact) mass is 248 g/mol. The molecule has 18 heavy (non-hydrogen) atoms. The van der Waals surface area contributed by atoms with Gasteiger partial charge in [0.2, 0.25) is 0 Å². The lowest BCUT2D eigenvalue weighted by Gasteiger charge is -2.16. The Morgan fingerprint density at radius 2 is 2.00 bits per heavy atom. The molecule has 0 bridgehead atoms. The minimum atomic E-state index is -0.454. The molecule has 4 heteroatoms. The topological polar surface area (TPSA) is 24.9 Å². The fourth-order valence-electron chi connectivity index (χ4n) is 1.71. The predicted molar refractivity (Wildman–Crippen MR) is 67.4 cm³/mol. The van der Waals surface area contributed by atoms with E-state index >= 15 is 0 Å². The summed E-state index contributed by atoms with van der Waals surface area (Å²) in [5.41, 5.74) is 1.37. The van der Waals surface area contributed by atoms with Crippen molar-refractivity contribution >= 4 is 5.69 Å². The minimum absolute atomic E-state index is 0.143. The number of anilines is 1. The standard InChI is InChI=1S/C14H14F2N2/c1-9-6-13(16)14(7-12(9)15)18-10(2)11-4-3-5-17-8-11/h3-8,10,18H,1-2H3. The lowest BCUT2D eigenvalue weighted by Crippen LogP contribution is -2.08. The first kappa shape index (κ1) is 12.5. The van der Waals surface area contributed by atoms with E-state index in [1.54, 1.807) is 18.5 Å². The smallest absolute Gasteiger partial charge is 0.146 e. The molecule has 0 aliphatic heterocycles. The number of aryl methyl sites for hydroxylation is 1. The maximum absolute atomic E-state index is 13.7. The van der Waals surface area contributed by atoms with Gasteiger partial charge >= 0.3 is 0 Å². The van der Waals surface area contributed by atoms with E-state index in [9.17, 15) is 8.78 Å².